The molecule has 0 aliphatic carbocycles. The van der Waals surface area contributed by atoms with Gasteiger partial charge in [0.25, 0.3) is 23.4 Å². The van der Waals surface area contributed by atoms with Crippen LogP contribution >= 0.6 is 0 Å². The number of nitrogens with zero attached hydrogens (tertiary/aromatic N) is 4. The Morgan fingerprint density at radius 2 is 1.87 bits per heavy atom. The number of rotatable bonds is 3. The normalized spacial score (nSPS) is 18.2. The minimum atomic E-state index is -0.627. The molecule has 0 bridgehead atoms. The van der Waals surface area contributed by atoms with Gasteiger partial charge in [-0.2, -0.15) is 4.98 Å². The summed E-state index contributed by atoms with van der Waals surface area (Å²) in [5.41, 5.74) is 1.88. The van der Waals surface area contributed by atoms with E-state index < -0.39 is 11.2 Å². The number of piperidine rings is 1. The Balaban J connectivity index is 1.24. The van der Waals surface area contributed by atoms with E-state index in [0.717, 1.165) is 42.7 Å². The highest BCUT2D eigenvalue weighted by Crippen LogP contribution is 2.36. The molecule has 0 atom stereocenters. The summed E-state index contributed by atoms with van der Waals surface area (Å²) in [6.07, 6.45) is 6.37. The van der Waals surface area contributed by atoms with Gasteiger partial charge in [0.15, 0.2) is 0 Å². The standard InChI is InChI=1S/C28H31N5O5/c1-37-27-29-22(15-24(34)30-27)26(36)31-12-9-28(10-13-31)18-33(16-19-6-2-3-8-23(19)38-28)25(35)20-14-21-7-4-5-11-32(21)17-20/h2-3,6,8,14-15,17H,4-5,7,9-13,16,18H2,1H3,(H,29,30,34). The first kappa shape index (κ1) is 24.3. The number of hydrogen-bond acceptors (Lipinski definition) is 6. The number of methoxy groups -OCH3 is 1. The molecule has 10 nitrogen and oxygen atoms in total. The number of carbonyl (C=O) groups is 2. The first-order valence-corrected chi connectivity index (χ1v) is 13.1. The number of hydrogen-bond donors (Lipinski definition) is 1. The highest BCUT2D eigenvalue weighted by molar-refractivity contribution is 5.94. The molecule has 1 saturated heterocycles. The molecule has 5 heterocycles. The summed E-state index contributed by atoms with van der Waals surface area (Å²) in [7, 11) is 1.38. The Morgan fingerprint density at radius 1 is 1.05 bits per heavy atom. The fourth-order valence-corrected chi connectivity index (χ4v) is 5.80. The van der Waals surface area contributed by atoms with Crippen molar-refractivity contribution in [1.82, 2.24) is 24.3 Å². The lowest BCUT2D eigenvalue weighted by Crippen LogP contribution is -2.55. The van der Waals surface area contributed by atoms with Crippen LogP contribution in [0.5, 0.6) is 11.8 Å². The number of likely N-dealkylation sites (tertiary alicyclic amines) is 1. The molecule has 1 N–H and O–H groups in total. The van der Waals surface area contributed by atoms with Crippen molar-refractivity contribution in [3.63, 3.8) is 0 Å². The van der Waals surface area contributed by atoms with Gasteiger partial charge in [0.05, 0.1) is 19.2 Å². The van der Waals surface area contributed by atoms with Crippen molar-refractivity contribution in [2.45, 2.75) is 50.8 Å². The van der Waals surface area contributed by atoms with Crippen LogP contribution in [-0.4, -0.2) is 68.5 Å². The molecule has 1 fully saturated rings. The summed E-state index contributed by atoms with van der Waals surface area (Å²) in [6.45, 7) is 2.69. The third-order valence-electron chi connectivity index (χ3n) is 7.84. The van der Waals surface area contributed by atoms with Gasteiger partial charge in [0.1, 0.15) is 17.0 Å². The Hall–Kier alpha value is -4.08. The molecule has 10 heteroatoms. The van der Waals surface area contributed by atoms with Crippen LogP contribution in [0.15, 0.2) is 47.4 Å². The molecule has 2 amide bonds. The highest BCUT2D eigenvalue weighted by atomic mass is 16.5. The van der Waals surface area contributed by atoms with Crippen molar-refractivity contribution in [2.24, 2.45) is 0 Å². The summed E-state index contributed by atoms with van der Waals surface area (Å²) in [5.74, 6) is 0.454. The molecule has 1 aromatic carbocycles. The summed E-state index contributed by atoms with van der Waals surface area (Å²) in [4.78, 5) is 49.0. The van der Waals surface area contributed by atoms with Gasteiger partial charge in [-0.3, -0.25) is 19.4 Å². The number of aromatic amines is 1. The summed E-state index contributed by atoms with van der Waals surface area (Å²) < 4.78 is 13.9. The van der Waals surface area contributed by atoms with E-state index in [2.05, 4.69) is 14.5 Å². The van der Waals surface area contributed by atoms with Crippen LogP contribution in [-0.2, 0) is 19.5 Å². The molecule has 0 radical (unpaired) electrons. The van der Waals surface area contributed by atoms with Crippen molar-refractivity contribution in [1.29, 1.82) is 0 Å². The predicted octanol–water partition coefficient (Wildman–Crippen LogP) is 2.63. The number of aryl methyl sites for hydroxylation is 2. The zero-order valence-corrected chi connectivity index (χ0v) is 21.4. The van der Waals surface area contributed by atoms with E-state index >= 15 is 0 Å². The van der Waals surface area contributed by atoms with Gasteiger partial charge in [0.2, 0.25) is 0 Å². The molecule has 198 valence electrons. The summed E-state index contributed by atoms with van der Waals surface area (Å²) >= 11 is 0. The molecule has 0 saturated carbocycles. The van der Waals surface area contributed by atoms with Crippen LogP contribution in [0.2, 0.25) is 0 Å². The summed E-state index contributed by atoms with van der Waals surface area (Å²) in [6, 6.07) is 11.1. The number of carbonyl (C=O) groups excluding carboxylic acids is 2. The van der Waals surface area contributed by atoms with Gasteiger partial charge in [-0.1, -0.05) is 18.2 Å². The van der Waals surface area contributed by atoms with Crippen molar-refractivity contribution in [3.8, 4) is 11.8 Å². The van der Waals surface area contributed by atoms with E-state index in [4.69, 9.17) is 9.47 Å². The van der Waals surface area contributed by atoms with E-state index in [0.29, 0.717) is 39.0 Å². The second-order valence-electron chi connectivity index (χ2n) is 10.4. The number of H-pyrrole nitrogens is 1. The number of ether oxygens (including phenoxy) is 2. The Kier molecular flexibility index (Phi) is 6.17. The Labute approximate surface area is 220 Å². The number of benzene rings is 1. The van der Waals surface area contributed by atoms with Crippen LogP contribution < -0.4 is 15.0 Å². The molecule has 38 heavy (non-hydrogen) atoms. The van der Waals surface area contributed by atoms with Gasteiger partial charge in [-0.05, 0) is 31.4 Å². The fourth-order valence-electron chi connectivity index (χ4n) is 5.80. The summed E-state index contributed by atoms with van der Waals surface area (Å²) in [5, 5.41) is 0. The highest BCUT2D eigenvalue weighted by Gasteiger charge is 2.43. The second kappa shape index (κ2) is 9.66. The molecule has 3 aromatic rings. The zero-order chi connectivity index (χ0) is 26.3. The van der Waals surface area contributed by atoms with Gasteiger partial charge < -0.3 is 23.8 Å². The third-order valence-corrected chi connectivity index (χ3v) is 7.84. The smallest absolute Gasteiger partial charge is 0.296 e. The molecule has 2 aromatic heterocycles. The van der Waals surface area contributed by atoms with Gasteiger partial charge in [-0.15, -0.1) is 0 Å². The maximum atomic E-state index is 13.8. The van der Waals surface area contributed by atoms with Crippen molar-refractivity contribution >= 4 is 11.8 Å². The number of fused-ring (bicyclic) bond motifs is 2. The van der Waals surface area contributed by atoms with E-state index in [1.54, 1.807) is 4.90 Å². The van der Waals surface area contributed by atoms with Crippen LogP contribution in [0.25, 0.3) is 0 Å². The topological polar surface area (TPSA) is 110 Å². The minimum absolute atomic E-state index is 0.000419. The lowest BCUT2D eigenvalue weighted by atomic mass is 9.90. The molecule has 6 rings (SSSR count). The van der Waals surface area contributed by atoms with Gasteiger partial charge >= 0.3 is 0 Å². The first-order valence-electron chi connectivity index (χ1n) is 13.1. The first-order chi connectivity index (χ1) is 18.4. The number of amides is 2. The molecule has 0 unspecified atom stereocenters. The monoisotopic (exact) mass is 517 g/mol. The van der Waals surface area contributed by atoms with Gasteiger partial charge in [-0.25, -0.2) is 0 Å². The van der Waals surface area contributed by atoms with Crippen LogP contribution in [0.1, 0.15) is 57.8 Å². The number of para-hydroxylation sites is 1. The molecule has 3 aliphatic heterocycles. The van der Waals surface area contributed by atoms with Crippen LogP contribution in [0.4, 0.5) is 0 Å². The van der Waals surface area contributed by atoms with E-state index in [1.807, 2.05) is 41.4 Å². The Morgan fingerprint density at radius 3 is 2.66 bits per heavy atom. The average molecular weight is 518 g/mol. The number of nitrogens with one attached hydrogen (secondary N) is 1. The maximum Gasteiger partial charge on any atom is 0.296 e. The maximum absolute atomic E-state index is 13.8. The van der Waals surface area contributed by atoms with Crippen LogP contribution in [0.3, 0.4) is 0 Å². The van der Waals surface area contributed by atoms with E-state index in [9.17, 15) is 14.4 Å². The number of aromatic nitrogens is 3. The zero-order valence-electron chi connectivity index (χ0n) is 21.4. The second-order valence-corrected chi connectivity index (χ2v) is 10.4. The SMILES string of the molecule is COc1nc(C(=O)N2CCC3(CC2)CN(C(=O)c2cc4n(c2)CCCC4)Cc2ccccc2O3)cc(=O)[nH]1. The molecule has 1 spiro atoms. The third kappa shape index (κ3) is 4.55. The minimum Gasteiger partial charge on any atom is -0.485 e. The van der Waals surface area contributed by atoms with E-state index in [-0.39, 0.29) is 23.5 Å². The molecular formula is C28H31N5O5. The quantitative estimate of drug-likeness (QED) is 0.572. The molecule has 3 aliphatic rings. The lowest BCUT2D eigenvalue weighted by Gasteiger charge is -2.42. The van der Waals surface area contributed by atoms with Crippen molar-refractivity contribution in [2.75, 3.05) is 26.7 Å². The molecular weight excluding hydrogens is 486 g/mol. The van der Waals surface area contributed by atoms with Crippen LogP contribution in [0, 0.1) is 0 Å². The largest absolute Gasteiger partial charge is 0.485 e. The average Bonchev–Trinajstić information content (AvgIpc) is 3.30. The van der Waals surface area contributed by atoms with Crippen molar-refractivity contribution in [3.05, 3.63) is 75.5 Å². The predicted molar refractivity (Wildman–Crippen MR) is 138 cm³/mol. The van der Waals surface area contributed by atoms with E-state index in [1.165, 1.54) is 18.9 Å². The van der Waals surface area contributed by atoms with Gasteiger partial charge in [0, 0.05) is 62.5 Å². The van der Waals surface area contributed by atoms with Crippen molar-refractivity contribution < 1.29 is 19.1 Å². The Bertz CT molecular complexity index is 1410. The fraction of sp³-hybridized carbons (Fsp3) is 0.429. The lowest BCUT2D eigenvalue weighted by molar-refractivity contribution is -0.0121.